The van der Waals surface area contributed by atoms with Gasteiger partial charge in [0.1, 0.15) is 11.5 Å². The maximum absolute atomic E-state index is 13.5. The number of carbonyl (C=O) groups is 1. The summed E-state index contributed by atoms with van der Waals surface area (Å²) in [5.41, 5.74) is 5.42. The third-order valence-corrected chi connectivity index (χ3v) is 2.58. The van der Waals surface area contributed by atoms with Crippen molar-refractivity contribution in [3.63, 3.8) is 0 Å². The van der Waals surface area contributed by atoms with E-state index in [1.54, 1.807) is 0 Å². The largest absolute Gasteiger partial charge is 0.397 e. The zero-order valence-electron chi connectivity index (χ0n) is 10.2. The summed E-state index contributed by atoms with van der Waals surface area (Å²) in [6, 6.07) is 9.29. The van der Waals surface area contributed by atoms with Crippen molar-refractivity contribution in [1.29, 1.82) is 5.26 Å². The SMILES string of the molecule is N#Cc1cccc(C(=O)Nc2c(N)cc(F)cc2F)c1. The molecule has 1 amide bonds. The standard InChI is InChI=1S/C14H9F2N3O/c15-10-5-11(16)13(12(18)6-10)19-14(20)9-3-1-2-8(4-9)7-17/h1-6H,18H2,(H,19,20). The van der Waals surface area contributed by atoms with E-state index in [2.05, 4.69) is 5.32 Å². The Morgan fingerprint density at radius 2 is 2.00 bits per heavy atom. The molecule has 20 heavy (non-hydrogen) atoms. The number of hydrogen-bond acceptors (Lipinski definition) is 3. The van der Waals surface area contributed by atoms with Crippen LogP contribution >= 0.6 is 0 Å². The second-order valence-electron chi connectivity index (χ2n) is 4.00. The van der Waals surface area contributed by atoms with Gasteiger partial charge >= 0.3 is 0 Å². The minimum absolute atomic E-state index is 0.173. The number of amides is 1. The topological polar surface area (TPSA) is 78.9 Å². The van der Waals surface area contributed by atoms with Gasteiger partial charge in [-0.2, -0.15) is 5.26 Å². The molecule has 0 atom stereocenters. The summed E-state index contributed by atoms with van der Waals surface area (Å²) in [5.74, 6) is -2.43. The predicted octanol–water partition coefficient (Wildman–Crippen LogP) is 2.67. The summed E-state index contributed by atoms with van der Waals surface area (Å²) in [7, 11) is 0. The van der Waals surface area contributed by atoms with Gasteiger partial charge < -0.3 is 11.1 Å². The summed E-state index contributed by atoms with van der Waals surface area (Å²) in [5, 5.41) is 11.0. The van der Waals surface area contributed by atoms with E-state index in [1.165, 1.54) is 24.3 Å². The van der Waals surface area contributed by atoms with E-state index in [9.17, 15) is 13.6 Å². The quantitative estimate of drug-likeness (QED) is 0.825. The number of anilines is 2. The fourth-order valence-electron chi connectivity index (χ4n) is 1.64. The van der Waals surface area contributed by atoms with Gasteiger partial charge in [0.2, 0.25) is 0 Å². The molecule has 0 saturated heterocycles. The lowest BCUT2D eigenvalue weighted by atomic mass is 10.1. The van der Waals surface area contributed by atoms with Crippen LogP contribution < -0.4 is 11.1 Å². The number of benzene rings is 2. The number of rotatable bonds is 2. The maximum atomic E-state index is 13.5. The van der Waals surface area contributed by atoms with Gasteiger partial charge in [-0.05, 0) is 24.3 Å². The number of carbonyl (C=O) groups excluding carboxylic acids is 1. The molecule has 4 nitrogen and oxygen atoms in total. The van der Waals surface area contributed by atoms with E-state index in [1.807, 2.05) is 6.07 Å². The van der Waals surface area contributed by atoms with Crippen LogP contribution in [-0.2, 0) is 0 Å². The molecule has 0 unspecified atom stereocenters. The van der Waals surface area contributed by atoms with Crippen LogP contribution in [0.15, 0.2) is 36.4 Å². The molecule has 6 heteroatoms. The van der Waals surface area contributed by atoms with Gasteiger partial charge in [0.15, 0.2) is 5.82 Å². The fourth-order valence-corrected chi connectivity index (χ4v) is 1.64. The van der Waals surface area contributed by atoms with Gasteiger partial charge in [0.25, 0.3) is 5.91 Å². The van der Waals surface area contributed by atoms with Crippen LogP contribution in [0, 0.1) is 23.0 Å². The van der Waals surface area contributed by atoms with E-state index in [-0.39, 0.29) is 16.9 Å². The van der Waals surface area contributed by atoms with Gasteiger partial charge in [-0.1, -0.05) is 6.07 Å². The summed E-state index contributed by atoms with van der Waals surface area (Å²) < 4.78 is 26.4. The van der Waals surface area contributed by atoms with Gasteiger partial charge in [-0.25, -0.2) is 8.78 Å². The second-order valence-corrected chi connectivity index (χ2v) is 4.00. The molecule has 0 spiro atoms. The van der Waals surface area contributed by atoms with Crippen molar-refractivity contribution in [2.75, 3.05) is 11.1 Å². The Morgan fingerprint density at radius 1 is 1.25 bits per heavy atom. The molecule has 0 radical (unpaired) electrons. The zero-order valence-corrected chi connectivity index (χ0v) is 10.2. The van der Waals surface area contributed by atoms with E-state index in [4.69, 9.17) is 11.0 Å². The van der Waals surface area contributed by atoms with Crippen molar-refractivity contribution in [2.45, 2.75) is 0 Å². The van der Waals surface area contributed by atoms with Crippen molar-refractivity contribution < 1.29 is 13.6 Å². The molecule has 0 bridgehead atoms. The number of nitrogens with two attached hydrogens (primary N) is 1. The minimum atomic E-state index is -0.965. The summed E-state index contributed by atoms with van der Waals surface area (Å²) in [6.07, 6.45) is 0. The third-order valence-electron chi connectivity index (χ3n) is 2.58. The molecular weight excluding hydrogens is 264 g/mol. The van der Waals surface area contributed by atoms with E-state index in [0.29, 0.717) is 11.6 Å². The van der Waals surface area contributed by atoms with Crippen molar-refractivity contribution in [1.82, 2.24) is 0 Å². The molecule has 2 rings (SSSR count). The van der Waals surface area contributed by atoms with Crippen molar-refractivity contribution >= 4 is 17.3 Å². The van der Waals surface area contributed by atoms with Crippen LogP contribution in [0.3, 0.4) is 0 Å². The highest BCUT2D eigenvalue weighted by atomic mass is 19.1. The molecule has 0 aromatic heterocycles. The highest BCUT2D eigenvalue weighted by Gasteiger charge is 2.14. The highest BCUT2D eigenvalue weighted by molar-refractivity contribution is 6.06. The van der Waals surface area contributed by atoms with Crippen molar-refractivity contribution in [3.8, 4) is 6.07 Å². The lowest BCUT2D eigenvalue weighted by Crippen LogP contribution is -2.14. The Morgan fingerprint density at radius 3 is 2.65 bits per heavy atom. The average Bonchev–Trinajstić information content (AvgIpc) is 2.42. The predicted molar refractivity (Wildman–Crippen MR) is 69.9 cm³/mol. The van der Waals surface area contributed by atoms with Crippen molar-refractivity contribution in [2.24, 2.45) is 0 Å². The minimum Gasteiger partial charge on any atom is -0.397 e. The lowest BCUT2D eigenvalue weighted by molar-refractivity contribution is 0.102. The summed E-state index contributed by atoms with van der Waals surface area (Å²) in [4.78, 5) is 11.9. The molecule has 0 aliphatic carbocycles. The first-order chi connectivity index (χ1) is 9.51. The van der Waals surface area contributed by atoms with Gasteiger partial charge in [0, 0.05) is 11.6 Å². The monoisotopic (exact) mass is 273 g/mol. The van der Waals surface area contributed by atoms with Crippen molar-refractivity contribution in [3.05, 3.63) is 59.2 Å². The second kappa shape index (κ2) is 5.36. The van der Waals surface area contributed by atoms with Gasteiger partial charge in [-0.15, -0.1) is 0 Å². The van der Waals surface area contributed by atoms with Crippen LogP contribution in [-0.4, -0.2) is 5.91 Å². The smallest absolute Gasteiger partial charge is 0.255 e. The third kappa shape index (κ3) is 2.72. The Hall–Kier alpha value is -2.94. The number of nitrogens with zero attached hydrogens (tertiary/aromatic N) is 1. The summed E-state index contributed by atoms with van der Waals surface area (Å²) in [6.45, 7) is 0. The molecule has 2 aromatic carbocycles. The summed E-state index contributed by atoms with van der Waals surface area (Å²) >= 11 is 0. The number of nitrogens with one attached hydrogen (secondary N) is 1. The zero-order chi connectivity index (χ0) is 14.7. The number of nitrogen functional groups attached to an aromatic ring is 1. The Balaban J connectivity index is 2.31. The Labute approximate surface area is 113 Å². The van der Waals surface area contributed by atoms with E-state index in [0.717, 1.165) is 6.07 Å². The molecule has 0 aliphatic heterocycles. The maximum Gasteiger partial charge on any atom is 0.255 e. The van der Waals surface area contributed by atoms with Crippen LogP contribution in [0.2, 0.25) is 0 Å². The molecule has 3 N–H and O–H groups in total. The number of nitriles is 1. The van der Waals surface area contributed by atoms with Gasteiger partial charge in [-0.3, -0.25) is 4.79 Å². The molecule has 0 aliphatic rings. The van der Waals surface area contributed by atoms with Gasteiger partial charge in [0.05, 0.1) is 17.3 Å². The molecular formula is C14H9F2N3O. The number of hydrogen-bond donors (Lipinski definition) is 2. The van der Waals surface area contributed by atoms with Crippen LogP contribution in [0.1, 0.15) is 15.9 Å². The molecule has 0 heterocycles. The Kier molecular flexibility index (Phi) is 3.62. The fraction of sp³-hybridized carbons (Fsp3) is 0. The highest BCUT2D eigenvalue weighted by Crippen LogP contribution is 2.24. The first kappa shape index (κ1) is 13.5. The average molecular weight is 273 g/mol. The van der Waals surface area contributed by atoms with E-state index >= 15 is 0 Å². The molecule has 100 valence electrons. The van der Waals surface area contributed by atoms with Crippen LogP contribution in [0.4, 0.5) is 20.2 Å². The number of halogens is 2. The normalized spacial score (nSPS) is 9.85. The van der Waals surface area contributed by atoms with E-state index < -0.39 is 17.5 Å². The Bertz CT molecular complexity index is 700. The molecule has 2 aromatic rings. The van der Waals surface area contributed by atoms with Crippen LogP contribution in [0.5, 0.6) is 0 Å². The first-order valence-electron chi connectivity index (χ1n) is 5.57. The lowest BCUT2D eigenvalue weighted by Gasteiger charge is -2.09. The molecule has 0 saturated carbocycles. The first-order valence-corrected chi connectivity index (χ1v) is 5.57. The molecule has 0 fully saturated rings. The van der Waals surface area contributed by atoms with Crippen LogP contribution in [0.25, 0.3) is 0 Å².